The predicted octanol–water partition coefficient (Wildman–Crippen LogP) is 1.49. The Hall–Kier alpha value is -0.570. The van der Waals surface area contributed by atoms with Crippen LogP contribution in [0.5, 0.6) is 0 Å². The molecule has 0 aliphatic carbocycles. The van der Waals surface area contributed by atoms with Crippen LogP contribution in [-0.2, 0) is 4.79 Å². The highest BCUT2D eigenvalue weighted by Gasteiger charge is 2.28. The molecule has 1 heterocycles. The predicted molar refractivity (Wildman–Crippen MR) is 62.7 cm³/mol. The van der Waals surface area contributed by atoms with Gasteiger partial charge in [-0.15, -0.1) is 0 Å². The van der Waals surface area contributed by atoms with Crippen LogP contribution < -0.4 is 5.32 Å². The van der Waals surface area contributed by atoms with Crippen LogP contribution in [0.25, 0.3) is 0 Å². The molecular weight excluding hydrogens is 188 g/mol. The van der Waals surface area contributed by atoms with E-state index in [9.17, 15) is 4.79 Å². The van der Waals surface area contributed by atoms with E-state index in [4.69, 9.17) is 0 Å². The first-order valence-electron chi connectivity index (χ1n) is 6.07. The minimum Gasteiger partial charge on any atom is -0.340 e. The summed E-state index contributed by atoms with van der Waals surface area (Å²) >= 11 is 0. The Labute approximate surface area is 93.2 Å². The van der Waals surface area contributed by atoms with E-state index in [0.29, 0.717) is 17.9 Å². The molecule has 0 aromatic carbocycles. The van der Waals surface area contributed by atoms with Gasteiger partial charge in [0, 0.05) is 19.1 Å². The van der Waals surface area contributed by atoms with E-state index in [1.54, 1.807) is 0 Å². The Morgan fingerprint density at radius 1 is 1.47 bits per heavy atom. The molecular formula is C12H24N2O. The lowest BCUT2D eigenvalue weighted by Crippen LogP contribution is -2.47. The summed E-state index contributed by atoms with van der Waals surface area (Å²) in [5, 5.41) is 3.34. The van der Waals surface area contributed by atoms with Crippen molar-refractivity contribution in [1.29, 1.82) is 0 Å². The SMILES string of the molecule is CCN(C(=O)C1CNCC(C)C1)C(C)C. The minimum atomic E-state index is 0.191. The zero-order chi connectivity index (χ0) is 11.4. The second-order valence-corrected chi connectivity index (χ2v) is 4.91. The molecule has 2 unspecified atom stereocenters. The molecule has 1 amide bonds. The molecule has 0 bridgehead atoms. The molecule has 1 aliphatic rings. The molecule has 0 aromatic rings. The van der Waals surface area contributed by atoms with Crippen molar-refractivity contribution in [2.75, 3.05) is 19.6 Å². The van der Waals surface area contributed by atoms with Gasteiger partial charge in [0.25, 0.3) is 0 Å². The Bertz CT molecular complexity index is 216. The summed E-state index contributed by atoms with van der Waals surface area (Å²) in [4.78, 5) is 14.2. The van der Waals surface area contributed by atoms with Crippen LogP contribution in [-0.4, -0.2) is 36.5 Å². The Morgan fingerprint density at radius 3 is 2.60 bits per heavy atom. The van der Waals surface area contributed by atoms with Crippen molar-refractivity contribution in [3.8, 4) is 0 Å². The smallest absolute Gasteiger partial charge is 0.227 e. The Kier molecular flexibility index (Phi) is 4.58. The van der Waals surface area contributed by atoms with Gasteiger partial charge in [0.1, 0.15) is 0 Å². The summed E-state index contributed by atoms with van der Waals surface area (Å²) in [7, 11) is 0. The fraction of sp³-hybridized carbons (Fsp3) is 0.917. The lowest BCUT2D eigenvalue weighted by atomic mass is 9.90. The molecule has 0 spiro atoms. The first-order chi connectivity index (χ1) is 7.06. The monoisotopic (exact) mass is 212 g/mol. The molecule has 1 N–H and O–H groups in total. The highest BCUT2D eigenvalue weighted by Crippen LogP contribution is 2.19. The van der Waals surface area contributed by atoms with E-state index in [1.165, 1.54) is 0 Å². The lowest BCUT2D eigenvalue weighted by Gasteiger charge is -2.33. The lowest BCUT2D eigenvalue weighted by molar-refractivity contribution is -0.138. The van der Waals surface area contributed by atoms with E-state index in [1.807, 2.05) is 4.90 Å². The fourth-order valence-electron chi connectivity index (χ4n) is 2.35. The quantitative estimate of drug-likeness (QED) is 0.768. The van der Waals surface area contributed by atoms with Crippen molar-refractivity contribution in [3.05, 3.63) is 0 Å². The van der Waals surface area contributed by atoms with Crippen LogP contribution in [0, 0.1) is 11.8 Å². The van der Waals surface area contributed by atoms with Gasteiger partial charge in [0.15, 0.2) is 0 Å². The summed E-state index contributed by atoms with van der Waals surface area (Å²) in [5.41, 5.74) is 0. The zero-order valence-electron chi connectivity index (χ0n) is 10.4. The van der Waals surface area contributed by atoms with Gasteiger partial charge in [-0.1, -0.05) is 6.92 Å². The maximum absolute atomic E-state index is 12.2. The highest BCUT2D eigenvalue weighted by molar-refractivity contribution is 5.79. The molecule has 1 saturated heterocycles. The van der Waals surface area contributed by atoms with Gasteiger partial charge in [0.2, 0.25) is 5.91 Å². The number of carbonyl (C=O) groups excluding carboxylic acids is 1. The third-order valence-electron chi connectivity index (χ3n) is 3.17. The van der Waals surface area contributed by atoms with Gasteiger partial charge >= 0.3 is 0 Å². The van der Waals surface area contributed by atoms with Crippen molar-refractivity contribution >= 4 is 5.91 Å². The van der Waals surface area contributed by atoms with Crippen LogP contribution in [0.4, 0.5) is 0 Å². The topological polar surface area (TPSA) is 32.3 Å². The van der Waals surface area contributed by atoms with Crippen LogP contribution in [0.2, 0.25) is 0 Å². The molecule has 3 heteroatoms. The van der Waals surface area contributed by atoms with E-state index in [0.717, 1.165) is 26.1 Å². The van der Waals surface area contributed by atoms with E-state index in [-0.39, 0.29) is 5.92 Å². The summed E-state index contributed by atoms with van der Waals surface area (Å²) in [6.07, 6.45) is 1.04. The second-order valence-electron chi connectivity index (χ2n) is 4.91. The minimum absolute atomic E-state index is 0.191. The van der Waals surface area contributed by atoms with Gasteiger partial charge < -0.3 is 10.2 Å². The largest absolute Gasteiger partial charge is 0.340 e. The number of rotatable bonds is 3. The van der Waals surface area contributed by atoms with E-state index < -0.39 is 0 Å². The molecule has 0 radical (unpaired) electrons. The van der Waals surface area contributed by atoms with Crippen molar-refractivity contribution < 1.29 is 4.79 Å². The van der Waals surface area contributed by atoms with E-state index in [2.05, 4.69) is 33.0 Å². The Balaban J connectivity index is 2.57. The molecule has 0 saturated carbocycles. The van der Waals surface area contributed by atoms with Gasteiger partial charge in [-0.3, -0.25) is 4.79 Å². The Morgan fingerprint density at radius 2 is 2.13 bits per heavy atom. The van der Waals surface area contributed by atoms with Gasteiger partial charge in [-0.2, -0.15) is 0 Å². The summed E-state index contributed by atoms with van der Waals surface area (Å²) in [6.45, 7) is 11.2. The van der Waals surface area contributed by atoms with Crippen LogP contribution in [0.3, 0.4) is 0 Å². The third-order valence-corrected chi connectivity index (χ3v) is 3.17. The zero-order valence-corrected chi connectivity index (χ0v) is 10.4. The van der Waals surface area contributed by atoms with Crippen molar-refractivity contribution in [3.63, 3.8) is 0 Å². The average Bonchev–Trinajstić information content (AvgIpc) is 2.18. The third kappa shape index (κ3) is 3.20. The molecule has 2 atom stereocenters. The number of nitrogens with zero attached hydrogens (tertiary/aromatic N) is 1. The van der Waals surface area contributed by atoms with Gasteiger partial charge in [-0.05, 0) is 39.7 Å². The van der Waals surface area contributed by atoms with E-state index >= 15 is 0 Å². The summed E-state index contributed by atoms with van der Waals surface area (Å²) in [6, 6.07) is 0.319. The number of hydrogen-bond donors (Lipinski definition) is 1. The second kappa shape index (κ2) is 5.50. The summed E-state index contributed by atoms with van der Waals surface area (Å²) < 4.78 is 0. The van der Waals surface area contributed by atoms with Gasteiger partial charge in [0.05, 0.1) is 5.92 Å². The van der Waals surface area contributed by atoms with Gasteiger partial charge in [-0.25, -0.2) is 0 Å². The maximum Gasteiger partial charge on any atom is 0.227 e. The summed E-state index contributed by atoms with van der Waals surface area (Å²) in [5.74, 6) is 1.14. The molecule has 88 valence electrons. The molecule has 3 nitrogen and oxygen atoms in total. The number of carbonyl (C=O) groups is 1. The first-order valence-corrected chi connectivity index (χ1v) is 6.07. The average molecular weight is 212 g/mol. The number of amides is 1. The van der Waals surface area contributed by atoms with Crippen LogP contribution >= 0.6 is 0 Å². The van der Waals surface area contributed by atoms with Crippen molar-refractivity contribution in [1.82, 2.24) is 10.2 Å². The maximum atomic E-state index is 12.2. The molecule has 1 rings (SSSR count). The standard InChI is InChI=1S/C12H24N2O/c1-5-14(9(2)3)12(15)11-6-10(4)7-13-8-11/h9-11,13H,5-8H2,1-4H3. The van der Waals surface area contributed by atoms with Crippen LogP contribution in [0.1, 0.15) is 34.1 Å². The van der Waals surface area contributed by atoms with Crippen molar-refractivity contribution in [2.45, 2.75) is 40.2 Å². The number of hydrogen-bond acceptors (Lipinski definition) is 2. The highest BCUT2D eigenvalue weighted by atomic mass is 16.2. The van der Waals surface area contributed by atoms with Crippen molar-refractivity contribution in [2.24, 2.45) is 11.8 Å². The molecule has 0 aromatic heterocycles. The van der Waals surface area contributed by atoms with Crippen LogP contribution in [0.15, 0.2) is 0 Å². The first kappa shape index (κ1) is 12.5. The number of piperidine rings is 1. The number of nitrogens with one attached hydrogen (secondary N) is 1. The molecule has 15 heavy (non-hydrogen) atoms. The fourth-order valence-corrected chi connectivity index (χ4v) is 2.35. The molecule has 1 aliphatic heterocycles. The normalized spacial score (nSPS) is 26.7. The molecule has 1 fully saturated rings.